The summed E-state index contributed by atoms with van der Waals surface area (Å²) in [6, 6.07) is 10.4. The predicted molar refractivity (Wildman–Crippen MR) is 140 cm³/mol. The van der Waals surface area contributed by atoms with Gasteiger partial charge in [0.05, 0.1) is 28.6 Å². The van der Waals surface area contributed by atoms with Crippen LogP contribution in [-0.2, 0) is 26.2 Å². The number of hydrogen-bond donors (Lipinski definition) is 1. The number of benzene rings is 2. The van der Waals surface area contributed by atoms with Crippen LogP contribution in [0.4, 0.5) is 5.69 Å². The molecule has 2 amide bonds. The number of carbonyl (C=O) groups excluding carboxylic acids is 2. The van der Waals surface area contributed by atoms with E-state index in [0.717, 1.165) is 10.6 Å². The normalized spacial score (nSPS) is 12.2. The highest BCUT2D eigenvalue weighted by Gasteiger charge is 2.31. The van der Waals surface area contributed by atoms with Crippen molar-refractivity contribution in [3.05, 3.63) is 58.1 Å². The van der Waals surface area contributed by atoms with Gasteiger partial charge in [0, 0.05) is 12.6 Å². The zero-order valence-electron chi connectivity index (χ0n) is 20.4. The second-order valence-corrected chi connectivity index (χ2v) is 11.0. The number of halogens is 2. The fraction of sp³-hybridized carbons (Fsp3) is 0.417. The van der Waals surface area contributed by atoms with E-state index in [9.17, 15) is 18.0 Å². The molecule has 0 heterocycles. The maximum absolute atomic E-state index is 13.6. The second kappa shape index (κ2) is 12.5. The first-order chi connectivity index (χ1) is 16.3. The molecule has 2 aromatic carbocycles. The van der Waals surface area contributed by atoms with E-state index < -0.39 is 28.5 Å². The molecular weight excluding hydrogens is 513 g/mol. The molecule has 0 aliphatic carbocycles. The minimum absolute atomic E-state index is 0.0209. The molecule has 0 aliphatic heterocycles. The van der Waals surface area contributed by atoms with Crippen molar-refractivity contribution in [3.8, 4) is 5.75 Å². The van der Waals surface area contributed by atoms with Gasteiger partial charge in [0.2, 0.25) is 21.8 Å². The van der Waals surface area contributed by atoms with E-state index >= 15 is 0 Å². The number of rotatable bonds is 11. The van der Waals surface area contributed by atoms with Crippen LogP contribution in [0.15, 0.2) is 42.5 Å². The van der Waals surface area contributed by atoms with Crippen LogP contribution in [0.3, 0.4) is 0 Å². The van der Waals surface area contributed by atoms with Gasteiger partial charge in [0.15, 0.2) is 0 Å². The number of carbonyl (C=O) groups is 2. The average Bonchev–Trinajstić information content (AvgIpc) is 2.77. The molecule has 0 bridgehead atoms. The highest BCUT2D eigenvalue weighted by molar-refractivity contribution is 7.92. The number of hydrogen-bond acceptors (Lipinski definition) is 5. The lowest BCUT2D eigenvalue weighted by molar-refractivity contribution is -0.139. The van der Waals surface area contributed by atoms with Gasteiger partial charge in [-0.2, -0.15) is 0 Å². The molecule has 0 fully saturated rings. The van der Waals surface area contributed by atoms with E-state index in [4.69, 9.17) is 27.9 Å². The molecule has 0 saturated carbocycles. The minimum Gasteiger partial charge on any atom is -0.492 e. The molecule has 1 unspecified atom stereocenters. The molecule has 0 spiro atoms. The van der Waals surface area contributed by atoms with Crippen LogP contribution >= 0.6 is 23.2 Å². The van der Waals surface area contributed by atoms with Gasteiger partial charge in [-0.3, -0.25) is 13.9 Å². The largest absolute Gasteiger partial charge is 0.492 e. The third-order valence-corrected chi connectivity index (χ3v) is 6.91. The van der Waals surface area contributed by atoms with Crippen LogP contribution in [0, 0.1) is 0 Å². The Labute approximate surface area is 217 Å². The Morgan fingerprint density at radius 2 is 1.71 bits per heavy atom. The van der Waals surface area contributed by atoms with Gasteiger partial charge in [0.1, 0.15) is 18.3 Å². The Morgan fingerprint density at radius 3 is 2.29 bits per heavy atom. The molecule has 1 N–H and O–H groups in total. The molecule has 2 rings (SSSR count). The fourth-order valence-electron chi connectivity index (χ4n) is 3.36. The van der Waals surface area contributed by atoms with Crippen molar-refractivity contribution in [1.82, 2.24) is 10.2 Å². The monoisotopic (exact) mass is 543 g/mol. The molecule has 0 aromatic heterocycles. The molecule has 192 valence electrons. The average molecular weight is 545 g/mol. The topological polar surface area (TPSA) is 96.0 Å². The highest BCUT2D eigenvalue weighted by atomic mass is 35.5. The van der Waals surface area contributed by atoms with Crippen molar-refractivity contribution < 1.29 is 22.7 Å². The van der Waals surface area contributed by atoms with Gasteiger partial charge in [-0.25, -0.2) is 8.42 Å². The number of anilines is 1. The Bertz CT molecular complexity index is 1160. The van der Waals surface area contributed by atoms with Crippen molar-refractivity contribution in [2.45, 2.75) is 46.3 Å². The zero-order valence-corrected chi connectivity index (χ0v) is 22.7. The number of nitrogens with one attached hydrogen (secondary N) is 1. The first kappa shape index (κ1) is 28.7. The summed E-state index contributed by atoms with van der Waals surface area (Å²) in [6.07, 6.45) is 1.02. The molecule has 0 aliphatic rings. The Morgan fingerprint density at radius 1 is 1.06 bits per heavy atom. The summed E-state index contributed by atoms with van der Waals surface area (Å²) >= 11 is 12.2. The van der Waals surface area contributed by atoms with Crippen molar-refractivity contribution in [2.75, 3.05) is 23.7 Å². The van der Waals surface area contributed by atoms with Gasteiger partial charge in [0.25, 0.3) is 0 Å². The van der Waals surface area contributed by atoms with E-state index in [1.54, 1.807) is 56.3 Å². The smallest absolute Gasteiger partial charge is 0.244 e. The predicted octanol–water partition coefficient (Wildman–Crippen LogP) is 4.10. The summed E-state index contributed by atoms with van der Waals surface area (Å²) in [5, 5.41) is 3.45. The lowest BCUT2D eigenvalue weighted by Gasteiger charge is -2.32. The van der Waals surface area contributed by atoms with Crippen molar-refractivity contribution in [2.24, 2.45) is 0 Å². The number of sulfonamides is 1. The van der Waals surface area contributed by atoms with Crippen LogP contribution in [0.25, 0.3) is 0 Å². The van der Waals surface area contributed by atoms with Crippen molar-refractivity contribution in [1.29, 1.82) is 0 Å². The molecule has 2 aromatic rings. The Kier molecular flexibility index (Phi) is 10.2. The quantitative estimate of drug-likeness (QED) is 0.460. The Hall–Kier alpha value is -2.49. The molecule has 1 atom stereocenters. The summed E-state index contributed by atoms with van der Waals surface area (Å²) in [7, 11) is -3.87. The molecule has 8 nitrogen and oxygen atoms in total. The van der Waals surface area contributed by atoms with Crippen molar-refractivity contribution >= 4 is 50.7 Å². The zero-order chi connectivity index (χ0) is 26.3. The third kappa shape index (κ3) is 8.02. The van der Waals surface area contributed by atoms with Crippen LogP contribution in [0.2, 0.25) is 10.0 Å². The number of para-hydroxylation sites is 2. The van der Waals surface area contributed by atoms with E-state index in [2.05, 4.69) is 5.32 Å². The lowest BCUT2D eigenvalue weighted by atomic mass is 10.1. The second-order valence-electron chi connectivity index (χ2n) is 8.28. The van der Waals surface area contributed by atoms with Crippen LogP contribution in [0.1, 0.15) is 33.3 Å². The maximum Gasteiger partial charge on any atom is 0.244 e. The van der Waals surface area contributed by atoms with Crippen LogP contribution < -0.4 is 14.4 Å². The van der Waals surface area contributed by atoms with Crippen molar-refractivity contribution in [3.63, 3.8) is 0 Å². The van der Waals surface area contributed by atoms with E-state index in [1.165, 1.54) is 4.90 Å². The number of amides is 2. The van der Waals surface area contributed by atoms with Gasteiger partial charge in [-0.15, -0.1) is 0 Å². The summed E-state index contributed by atoms with van der Waals surface area (Å²) < 4.78 is 32.0. The van der Waals surface area contributed by atoms with Gasteiger partial charge in [-0.1, -0.05) is 41.4 Å². The number of ether oxygens (including phenoxy) is 1. The number of nitrogens with zero attached hydrogens (tertiary/aromatic N) is 2. The van der Waals surface area contributed by atoms with Crippen LogP contribution in [-0.4, -0.2) is 56.6 Å². The van der Waals surface area contributed by atoms with Gasteiger partial charge in [-0.05, 0) is 57.5 Å². The van der Waals surface area contributed by atoms with E-state index in [1.807, 2.05) is 13.8 Å². The first-order valence-electron chi connectivity index (χ1n) is 11.1. The fourth-order valence-corrected chi connectivity index (χ4v) is 4.53. The third-order valence-electron chi connectivity index (χ3n) is 5.05. The van der Waals surface area contributed by atoms with E-state index in [-0.39, 0.29) is 24.2 Å². The summed E-state index contributed by atoms with van der Waals surface area (Å²) in [4.78, 5) is 27.7. The van der Waals surface area contributed by atoms with E-state index in [0.29, 0.717) is 28.0 Å². The minimum atomic E-state index is -3.87. The molecule has 35 heavy (non-hydrogen) atoms. The molecule has 0 saturated heterocycles. The summed E-state index contributed by atoms with van der Waals surface area (Å²) in [5.74, 6) is -0.608. The Balaban J connectivity index is 2.46. The molecular formula is C24H31Cl2N3O5S. The van der Waals surface area contributed by atoms with Crippen LogP contribution in [0.5, 0.6) is 5.75 Å². The lowest BCUT2D eigenvalue weighted by Crippen LogP contribution is -2.52. The molecule has 11 heteroatoms. The summed E-state index contributed by atoms with van der Waals surface area (Å²) in [6.45, 7) is 6.81. The molecule has 0 radical (unpaired) electrons. The maximum atomic E-state index is 13.6. The first-order valence-corrected chi connectivity index (χ1v) is 13.7. The van der Waals surface area contributed by atoms with Gasteiger partial charge < -0.3 is 15.0 Å². The SMILES string of the molecule is CCOc1ccccc1N(CC(=O)N(Cc1ccc(Cl)c(Cl)c1)C(C)C(=O)NC(C)C)S(C)(=O)=O. The summed E-state index contributed by atoms with van der Waals surface area (Å²) in [5.41, 5.74) is 0.872. The van der Waals surface area contributed by atoms with Gasteiger partial charge >= 0.3 is 0 Å². The highest BCUT2D eigenvalue weighted by Crippen LogP contribution is 2.30. The standard InChI is InChI=1S/C24H31Cl2N3O5S/c1-6-34-22-10-8-7-9-21(22)29(35(5,32)33)15-23(30)28(17(4)24(31)27-16(2)3)14-18-11-12-19(25)20(26)13-18/h7-13,16-17H,6,14-15H2,1-5H3,(H,27,31).